The van der Waals surface area contributed by atoms with Gasteiger partial charge in [-0.15, -0.1) is 11.3 Å². The number of rotatable bonds is 4. The second kappa shape index (κ2) is 7.06. The van der Waals surface area contributed by atoms with Crippen molar-refractivity contribution in [3.8, 4) is 0 Å². The highest BCUT2D eigenvalue weighted by atomic mass is 32.1. The third kappa shape index (κ3) is 3.71. The molecule has 2 amide bonds. The van der Waals surface area contributed by atoms with Crippen molar-refractivity contribution in [3.05, 3.63) is 50.7 Å². The fourth-order valence-corrected chi connectivity index (χ4v) is 3.94. The van der Waals surface area contributed by atoms with Crippen LogP contribution in [0.5, 0.6) is 0 Å². The first kappa shape index (κ1) is 17.2. The summed E-state index contributed by atoms with van der Waals surface area (Å²) in [5.74, 6) is -0.439. The summed E-state index contributed by atoms with van der Waals surface area (Å²) in [6.45, 7) is 3.32. The average molecular weight is 356 g/mol. The third-order valence-electron chi connectivity index (χ3n) is 4.25. The maximum absolute atomic E-state index is 12.4. The van der Waals surface area contributed by atoms with Crippen molar-refractivity contribution in [3.63, 3.8) is 0 Å². The molecular weight excluding hydrogens is 336 g/mol. The SMILES string of the molecule is Cc1cc2c(s1)CCN(C(=O)CNC(=O)c1ccc(N)c(C=N)c1)C2. The van der Waals surface area contributed by atoms with Gasteiger partial charge in [-0.2, -0.15) is 0 Å². The highest BCUT2D eigenvalue weighted by molar-refractivity contribution is 7.12. The van der Waals surface area contributed by atoms with Crippen molar-refractivity contribution >= 4 is 35.1 Å². The molecule has 0 saturated carbocycles. The molecule has 0 fully saturated rings. The Morgan fingerprint density at radius 1 is 1.40 bits per heavy atom. The summed E-state index contributed by atoms with van der Waals surface area (Å²) in [6.07, 6.45) is 1.97. The summed E-state index contributed by atoms with van der Waals surface area (Å²) in [7, 11) is 0. The van der Waals surface area contributed by atoms with Gasteiger partial charge in [0.25, 0.3) is 5.91 Å². The maximum atomic E-state index is 12.4. The number of fused-ring (bicyclic) bond motifs is 1. The topological polar surface area (TPSA) is 99.3 Å². The predicted octanol–water partition coefficient (Wildman–Crippen LogP) is 1.95. The lowest BCUT2D eigenvalue weighted by Crippen LogP contribution is -2.42. The number of anilines is 1. The molecule has 1 aromatic carbocycles. The van der Waals surface area contributed by atoms with Crippen molar-refractivity contribution in [2.45, 2.75) is 19.9 Å². The van der Waals surface area contributed by atoms with Gasteiger partial charge in [-0.3, -0.25) is 9.59 Å². The highest BCUT2D eigenvalue weighted by Gasteiger charge is 2.22. The van der Waals surface area contributed by atoms with Gasteiger partial charge < -0.3 is 21.4 Å². The molecule has 1 aliphatic rings. The van der Waals surface area contributed by atoms with Gasteiger partial charge in [-0.25, -0.2) is 0 Å². The van der Waals surface area contributed by atoms with Gasteiger partial charge in [-0.05, 0) is 43.2 Å². The molecule has 6 nitrogen and oxygen atoms in total. The minimum absolute atomic E-state index is 0.0401. The number of hydrogen-bond donors (Lipinski definition) is 3. The number of nitrogen functional groups attached to an aromatic ring is 1. The fraction of sp³-hybridized carbons (Fsp3) is 0.278. The zero-order valence-corrected chi connectivity index (χ0v) is 14.8. The zero-order chi connectivity index (χ0) is 18.0. The van der Waals surface area contributed by atoms with Crippen LogP contribution in [0.3, 0.4) is 0 Å². The number of nitrogens with one attached hydrogen (secondary N) is 2. The highest BCUT2D eigenvalue weighted by Crippen LogP contribution is 2.27. The molecule has 3 rings (SSSR count). The van der Waals surface area contributed by atoms with E-state index in [2.05, 4.69) is 18.3 Å². The lowest BCUT2D eigenvalue weighted by molar-refractivity contribution is -0.131. The molecule has 0 aliphatic carbocycles. The smallest absolute Gasteiger partial charge is 0.251 e. The van der Waals surface area contributed by atoms with Crippen LogP contribution in [0, 0.1) is 12.3 Å². The standard InChI is InChI=1S/C18H20N4O2S/c1-11-6-14-10-22(5-4-16(14)25-11)17(23)9-21-18(24)12-2-3-15(20)13(7-12)8-19/h2-3,6-8,19H,4-5,9-10,20H2,1H3,(H,21,24). The van der Waals surface area contributed by atoms with Crippen LogP contribution < -0.4 is 11.1 Å². The molecule has 0 spiro atoms. The van der Waals surface area contributed by atoms with Gasteiger partial charge >= 0.3 is 0 Å². The van der Waals surface area contributed by atoms with E-state index in [4.69, 9.17) is 11.1 Å². The number of carbonyl (C=O) groups is 2. The van der Waals surface area contributed by atoms with Crippen LogP contribution in [0.1, 0.15) is 31.2 Å². The van der Waals surface area contributed by atoms with Crippen LogP contribution in [0.4, 0.5) is 5.69 Å². The first-order valence-corrected chi connectivity index (χ1v) is 8.83. The maximum Gasteiger partial charge on any atom is 0.251 e. The molecule has 0 unspecified atom stereocenters. The van der Waals surface area contributed by atoms with Crippen molar-refractivity contribution < 1.29 is 9.59 Å². The third-order valence-corrected chi connectivity index (χ3v) is 5.40. The summed E-state index contributed by atoms with van der Waals surface area (Å²) >= 11 is 1.79. The molecule has 4 N–H and O–H groups in total. The molecule has 2 aromatic rings. The molecule has 7 heteroatoms. The zero-order valence-electron chi connectivity index (χ0n) is 14.0. The van der Waals surface area contributed by atoms with Crippen LogP contribution in [0.25, 0.3) is 0 Å². The normalized spacial score (nSPS) is 13.2. The summed E-state index contributed by atoms with van der Waals surface area (Å²) < 4.78 is 0. The average Bonchev–Trinajstić information content (AvgIpc) is 2.98. The molecule has 25 heavy (non-hydrogen) atoms. The van der Waals surface area contributed by atoms with Crippen LogP contribution in [-0.2, 0) is 17.8 Å². The van der Waals surface area contributed by atoms with E-state index < -0.39 is 0 Å². The largest absolute Gasteiger partial charge is 0.398 e. The number of thiophene rings is 1. The molecule has 2 heterocycles. The molecule has 1 aromatic heterocycles. The molecule has 0 bridgehead atoms. The van der Waals surface area contributed by atoms with E-state index in [9.17, 15) is 9.59 Å². The second-order valence-electron chi connectivity index (χ2n) is 6.04. The van der Waals surface area contributed by atoms with Crippen LogP contribution in [0.15, 0.2) is 24.3 Å². The summed E-state index contributed by atoms with van der Waals surface area (Å²) in [5.41, 5.74) is 8.24. The first-order valence-electron chi connectivity index (χ1n) is 8.02. The monoisotopic (exact) mass is 356 g/mol. The number of nitrogens with zero attached hydrogens (tertiary/aromatic N) is 1. The van der Waals surface area contributed by atoms with E-state index in [1.807, 2.05) is 0 Å². The van der Waals surface area contributed by atoms with Crippen molar-refractivity contribution in [2.24, 2.45) is 0 Å². The van der Waals surface area contributed by atoms with Crippen LogP contribution in [0.2, 0.25) is 0 Å². The van der Waals surface area contributed by atoms with Gasteiger partial charge in [-0.1, -0.05) is 0 Å². The van der Waals surface area contributed by atoms with Crippen LogP contribution in [-0.4, -0.2) is 36.0 Å². The summed E-state index contributed by atoms with van der Waals surface area (Å²) in [4.78, 5) is 29.0. The van der Waals surface area contributed by atoms with Gasteiger partial charge in [0.1, 0.15) is 0 Å². The minimum Gasteiger partial charge on any atom is -0.398 e. The Morgan fingerprint density at radius 2 is 2.20 bits per heavy atom. The quantitative estimate of drug-likeness (QED) is 0.577. The second-order valence-corrected chi connectivity index (χ2v) is 7.38. The lowest BCUT2D eigenvalue weighted by atomic mass is 10.1. The first-order chi connectivity index (χ1) is 12.0. The number of nitrogens with two attached hydrogens (primary N) is 1. The summed E-state index contributed by atoms with van der Waals surface area (Å²) in [6, 6.07) is 6.85. The Hall–Kier alpha value is -2.67. The molecule has 0 saturated heterocycles. The van der Waals surface area contributed by atoms with E-state index in [1.54, 1.807) is 34.4 Å². The molecular formula is C18H20N4O2S. The Morgan fingerprint density at radius 3 is 2.96 bits per heavy atom. The van der Waals surface area contributed by atoms with Gasteiger partial charge in [0, 0.05) is 45.9 Å². The Balaban J connectivity index is 1.59. The molecule has 0 atom stereocenters. The van der Waals surface area contributed by atoms with Crippen molar-refractivity contribution in [1.82, 2.24) is 10.2 Å². The minimum atomic E-state index is -0.347. The van der Waals surface area contributed by atoms with E-state index in [0.29, 0.717) is 29.9 Å². The van der Waals surface area contributed by atoms with Gasteiger partial charge in [0.2, 0.25) is 5.91 Å². The van der Waals surface area contributed by atoms with E-state index >= 15 is 0 Å². The molecule has 130 valence electrons. The van der Waals surface area contributed by atoms with E-state index in [0.717, 1.165) is 12.6 Å². The number of carbonyl (C=O) groups excluding carboxylic acids is 2. The summed E-state index contributed by atoms with van der Waals surface area (Å²) in [5, 5.41) is 9.94. The van der Waals surface area contributed by atoms with Crippen LogP contribution >= 0.6 is 11.3 Å². The van der Waals surface area contributed by atoms with Gasteiger partial charge in [0.05, 0.1) is 6.54 Å². The van der Waals surface area contributed by atoms with Gasteiger partial charge in [0.15, 0.2) is 0 Å². The van der Waals surface area contributed by atoms with E-state index in [1.165, 1.54) is 15.3 Å². The Kier molecular flexibility index (Phi) is 4.85. The predicted molar refractivity (Wildman–Crippen MR) is 99.3 cm³/mol. The lowest BCUT2D eigenvalue weighted by Gasteiger charge is -2.27. The number of aryl methyl sites for hydroxylation is 1. The van der Waals surface area contributed by atoms with E-state index in [-0.39, 0.29) is 18.4 Å². The number of hydrogen-bond acceptors (Lipinski definition) is 5. The number of benzene rings is 1. The van der Waals surface area contributed by atoms with Crippen molar-refractivity contribution in [2.75, 3.05) is 18.8 Å². The Bertz CT molecular complexity index is 844. The number of amides is 2. The molecule has 0 radical (unpaired) electrons. The fourth-order valence-electron chi connectivity index (χ4n) is 2.91. The van der Waals surface area contributed by atoms with Crippen molar-refractivity contribution in [1.29, 1.82) is 5.41 Å². The Labute approximate surface area is 150 Å². The molecule has 1 aliphatic heterocycles.